The molecule has 4 nitrogen and oxygen atoms in total. The lowest BCUT2D eigenvalue weighted by atomic mass is 10.0. The van der Waals surface area contributed by atoms with E-state index in [0.717, 1.165) is 25.4 Å². The first-order chi connectivity index (χ1) is 23.7. The normalized spacial score (nSPS) is 11.4. The molecule has 0 aliphatic rings. The average Bonchev–Trinajstić information content (AvgIpc) is 3.11. The van der Waals surface area contributed by atoms with E-state index in [4.69, 9.17) is 4.74 Å². The van der Waals surface area contributed by atoms with Gasteiger partial charge in [-0.05, 0) is 50.2 Å². The van der Waals surface area contributed by atoms with E-state index in [-0.39, 0.29) is 5.91 Å². The zero-order chi connectivity index (χ0) is 34.6. The lowest BCUT2D eigenvalue weighted by Gasteiger charge is -2.22. The van der Waals surface area contributed by atoms with Gasteiger partial charge in [0.2, 0.25) is 0 Å². The Morgan fingerprint density at radius 1 is 0.479 bits per heavy atom. The minimum Gasteiger partial charge on any atom is -0.497 e. The maximum absolute atomic E-state index is 12.7. The molecule has 0 aromatic heterocycles. The van der Waals surface area contributed by atoms with Crippen molar-refractivity contribution in [2.75, 3.05) is 33.3 Å². The number of carbonyl (C=O) groups excluding carboxylic acids is 1. The minimum absolute atomic E-state index is 0.0107. The Bertz CT molecular complexity index is 762. The van der Waals surface area contributed by atoms with Gasteiger partial charge in [0.15, 0.2) is 0 Å². The molecular weight excluding hydrogens is 588 g/mol. The number of unbranched alkanes of at least 4 members (excludes halogenated alkanes) is 28. The van der Waals surface area contributed by atoms with Crippen LogP contribution in [0, 0.1) is 0 Å². The maximum atomic E-state index is 12.7. The number of benzene rings is 1. The Morgan fingerprint density at radius 2 is 0.792 bits per heavy atom. The smallest absolute Gasteiger partial charge is 0.251 e. The minimum atomic E-state index is 0.0107. The molecule has 1 aromatic carbocycles. The highest BCUT2D eigenvalue weighted by atomic mass is 16.5. The van der Waals surface area contributed by atoms with Crippen LogP contribution in [0.15, 0.2) is 24.3 Å². The van der Waals surface area contributed by atoms with Crippen molar-refractivity contribution in [1.82, 2.24) is 10.2 Å². The first-order valence-corrected chi connectivity index (χ1v) is 21.4. The summed E-state index contributed by atoms with van der Waals surface area (Å²) in [6, 6.07) is 7.40. The second-order valence-corrected chi connectivity index (χ2v) is 14.7. The number of nitrogens with one attached hydrogen (secondary N) is 1. The fourth-order valence-corrected chi connectivity index (χ4v) is 6.92. The van der Waals surface area contributed by atoms with E-state index in [1.165, 1.54) is 193 Å². The van der Waals surface area contributed by atoms with Crippen LogP contribution < -0.4 is 10.1 Å². The second-order valence-electron chi connectivity index (χ2n) is 14.7. The molecule has 0 atom stereocenters. The molecule has 1 N–H and O–H groups in total. The van der Waals surface area contributed by atoms with Crippen LogP contribution >= 0.6 is 0 Å². The molecule has 48 heavy (non-hydrogen) atoms. The van der Waals surface area contributed by atoms with Gasteiger partial charge >= 0.3 is 0 Å². The highest BCUT2D eigenvalue weighted by Crippen LogP contribution is 2.16. The molecule has 0 aliphatic carbocycles. The number of amides is 1. The van der Waals surface area contributed by atoms with Gasteiger partial charge in [-0.15, -0.1) is 0 Å². The summed E-state index contributed by atoms with van der Waals surface area (Å²) in [6.45, 7) is 8.57. The fraction of sp³-hybridized carbons (Fsp3) is 0.841. The molecule has 0 saturated carbocycles. The Balaban J connectivity index is 2.17. The second kappa shape index (κ2) is 35.3. The van der Waals surface area contributed by atoms with Crippen molar-refractivity contribution in [3.05, 3.63) is 29.8 Å². The van der Waals surface area contributed by atoms with Gasteiger partial charge in [0, 0.05) is 18.7 Å². The van der Waals surface area contributed by atoms with Gasteiger partial charge in [0.25, 0.3) is 5.91 Å². The summed E-state index contributed by atoms with van der Waals surface area (Å²) in [7, 11) is 1.65. The van der Waals surface area contributed by atoms with Crippen molar-refractivity contribution >= 4 is 5.91 Å². The summed E-state index contributed by atoms with van der Waals surface area (Å²) in [5.74, 6) is 0.793. The average molecular weight is 671 g/mol. The molecule has 1 aromatic rings. The number of rotatable bonds is 37. The quantitative estimate of drug-likeness (QED) is 0.0716. The number of hydrogen-bond acceptors (Lipinski definition) is 3. The van der Waals surface area contributed by atoms with Gasteiger partial charge in [-0.25, -0.2) is 0 Å². The first-order valence-electron chi connectivity index (χ1n) is 21.4. The molecule has 0 radical (unpaired) electrons. The van der Waals surface area contributed by atoms with E-state index < -0.39 is 0 Å². The fourth-order valence-electron chi connectivity index (χ4n) is 6.92. The van der Waals surface area contributed by atoms with Crippen LogP contribution in [0.5, 0.6) is 5.75 Å². The van der Waals surface area contributed by atoms with Gasteiger partial charge < -0.3 is 15.0 Å². The summed E-state index contributed by atoms with van der Waals surface area (Å²) in [6.07, 6.45) is 42.2. The molecule has 0 aliphatic heterocycles. The lowest BCUT2D eigenvalue weighted by Crippen LogP contribution is -2.36. The van der Waals surface area contributed by atoms with Crippen molar-refractivity contribution in [2.45, 2.75) is 206 Å². The van der Waals surface area contributed by atoms with Crippen LogP contribution in [0.4, 0.5) is 0 Å². The van der Waals surface area contributed by atoms with Crippen molar-refractivity contribution in [3.63, 3.8) is 0 Å². The molecule has 0 fully saturated rings. The van der Waals surface area contributed by atoms with Gasteiger partial charge in [0.05, 0.1) is 7.11 Å². The number of methoxy groups -OCH3 is 1. The monoisotopic (exact) mass is 671 g/mol. The summed E-state index contributed by atoms with van der Waals surface area (Å²) in [4.78, 5) is 15.3. The number of nitrogens with zero attached hydrogens (tertiary/aromatic N) is 1. The Hall–Kier alpha value is -1.55. The predicted molar refractivity (Wildman–Crippen MR) is 212 cm³/mol. The molecule has 0 unspecified atom stereocenters. The lowest BCUT2D eigenvalue weighted by molar-refractivity contribution is 0.0948. The van der Waals surface area contributed by atoms with Crippen molar-refractivity contribution in [2.24, 2.45) is 0 Å². The van der Waals surface area contributed by atoms with Crippen LogP contribution in [0.25, 0.3) is 0 Å². The molecule has 280 valence electrons. The van der Waals surface area contributed by atoms with Crippen LogP contribution in [0.3, 0.4) is 0 Å². The van der Waals surface area contributed by atoms with E-state index in [0.29, 0.717) is 12.1 Å². The maximum Gasteiger partial charge on any atom is 0.251 e. The van der Waals surface area contributed by atoms with Gasteiger partial charge in [0.1, 0.15) is 5.75 Å². The molecule has 0 bridgehead atoms. The summed E-state index contributed by atoms with van der Waals surface area (Å²) in [5, 5.41) is 3.15. The summed E-state index contributed by atoms with van der Waals surface area (Å²) in [5.41, 5.74) is 0.701. The van der Waals surface area contributed by atoms with Gasteiger partial charge in [-0.3, -0.25) is 4.79 Å². The van der Waals surface area contributed by atoms with E-state index in [9.17, 15) is 4.79 Å². The van der Waals surface area contributed by atoms with Crippen molar-refractivity contribution < 1.29 is 9.53 Å². The summed E-state index contributed by atoms with van der Waals surface area (Å²) < 4.78 is 5.23. The van der Waals surface area contributed by atoms with E-state index in [1.807, 2.05) is 24.3 Å². The van der Waals surface area contributed by atoms with Crippen LogP contribution in [-0.4, -0.2) is 44.1 Å². The van der Waals surface area contributed by atoms with Gasteiger partial charge in [-0.2, -0.15) is 0 Å². The molecule has 1 amide bonds. The molecule has 0 saturated heterocycles. The zero-order valence-electron chi connectivity index (χ0n) is 32.6. The SMILES string of the molecule is CCCCCCCCCCCCCCCCCN(CCCCCCCCCCCCCCCCC)CCNC(=O)c1ccc(OC)cc1. The molecule has 0 heterocycles. The van der Waals surface area contributed by atoms with Crippen LogP contribution in [0.1, 0.15) is 217 Å². The number of carbonyl (C=O) groups is 1. The van der Waals surface area contributed by atoms with E-state index in [2.05, 4.69) is 24.1 Å². The summed E-state index contributed by atoms with van der Waals surface area (Å²) >= 11 is 0. The zero-order valence-corrected chi connectivity index (χ0v) is 32.6. The third-order valence-electron chi connectivity index (χ3n) is 10.2. The molecular formula is C44H82N2O2. The Labute approximate surface area is 300 Å². The largest absolute Gasteiger partial charge is 0.497 e. The highest BCUT2D eigenvalue weighted by molar-refractivity contribution is 5.94. The van der Waals surface area contributed by atoms with E-state index in [1.54, 1.807) is 7.11 Å². The Morgan fingerprint density at radius 3 is 1.10 bits per heavy atom. The van der Waals surface area contributed by atoms with Crippen molar-refractivity contribution in [1.29, 1.82) is 0 Å². The van der Waals surface area contributed by atoms with Crippen LogP contribution in [0.2, 0.25) is 0 Å². The molecule has 0 spiro atoms. The molecule has 4 heteroatoms. The van der Waals surface area contributed by atoms with Gasteiger partial charge in [-0.1, -0.05) is 194 Å². The highest BCUT2D eigenvalue weighted by Gasteiger charge is 2.09. The number of ether oxygens (including phenoxy) is 1. The predicted octanol–water partition coefficient (Wildman–Crippen LogP) is 13.5. The Kier molecular flexibility index (Phi) is 32.7. The first kappa shape index (κ1) is 44.5. The van der Waals surface area contributed by atoms with Crippen LogP contribution in [-0.2, 0) is 0 Å². The van der Waals surface area contributed by atoms with E-state index >= 15 is 0 Å². The standard InChI is InChI=1S/C44H82N2O2/c1-4-6-8-10-12-14-16-18-20-22-24-26-28-30-32-39-46(41-38-45-44(47)42-34-36-43(48-3)37-35-42)40-33-31-29-27-25-23-21-19-17-15-13-11-9-7-5-2/h34-37H,4-33,38-41H2,1-3H3,(H,45,47). The van der Waals surface area contributed by atoms with Crippen molar-refractivity contribution in [3.8, 4) is 5.75 Å². The third kappa shape index (κ3) is 28.3. The molecule has 1 rings (SSSR count). The number of hydrogen-bond donors (Lipinski definition) is 1. The topological polar surface area (TPSA) is 41.6 Å². The third-order valence-corrected chi connectivity index (χ3v) is 10.2.